The first-order valence-electron chi connectivity index (χ1n) is 6.99. The molecular formula is C16H23NO. The van der Waals surface area contributed by atoms with Crippen LogP contribution in [0.15, 0.2) is 23.8 Å². The van der Waals surface area contributed by atoms with E-state index in [1.807, 2.05) is 26.0 Å². The van der Waals surface area contributed by atoms with Crippen molar-refractivity contribution in [1.82, 2.24) is 4.98 Å². The van der Waals surface area contributed by atoms with Gasteiger partial charge in [-0.15, -0.1) is 0 Å². The number of aliphatic hydroxyl groups excluding tert-OH is 1. The van der Waals surface area contributed by atoms with Gasteiger partial charge in [0.05, 0.1) is 0 Å². The van der Waals surface area contributed by atoms with E-state index >= 15 is 0 Å². The maximum Gasteiger partial charge on any atom is 0.102 e. The zero-order chi connectivity index (χ0) is 13.0. The summed E-state index contributed by atoms with van der Waals surface area (Å²) in [6, 6.07) is 4.00. The summed E-state index contributed by atoms with van der Waals surface area (Å²) < 4.78 is 0. The van der Waals surface area contributed by atoms with E-state index in [1.165, 1.54) is 31.3 Å². The minimum absolute atomic E-state index is 0.462. The average Bonchev–Trinajstić information content (AvgIpc) is 2.27. The summed E-state index contributed by atoms with van der Waals surface area (Å²) in [4.78, 5) is 4.44. The van der Waals surface area contributed by atoms with Crippen LogP contribution in [-0.4, -0.2) is 10.1 Å². The zero-order valence-electron chi connectivity index (χ0n) is 11.4. The first kappa shape index (κ1) is 13.3. The second-order valence-corrected chi connectivity index (χ2v) is 5.26. The van der Waals surface area contributed by atoms with Crippen molar-refractivity contribution in [3.8, 4) is 0 Å². The lowest BCUT2D eigenvalue weighted by Gasteiger charge is -2.19. The Kier molecular flexibility index (Phi) is 4.54. The number of hydrogen-bond acceptors (Lipinski definition) is 2. The summed E-state index contributed by atoms with van der Waals surface area (Å²) in [5.74, 6) is 0. The Morgan fingerprint density at radius 3 is 2.67 bits per heavy atom. The zero-order valence-corrected chi connectivity index (χ0v) is 11.4. The molecule has 0 aromatic carbocycles. The second-order valence-electron chi connectivity index (χ2n) is 5.26. The van der Waals surface area contributed by atoms with Crippen LogP contribution in [0.2, 0.25) is 0 Å². The fraction of sp³-hybridized carbons (Fsp3) is 0.562. The van der Waals surface area contributed by atoms with Crippen LogP contribution in [0.5, 0.6) is 0 Å². The van der Waals surface area contributed by atoms with Gasteiger partial charge in [-0.2, -0.15) is 0 Å². The summed E-state index contributed by atoms with van der Waals surface area (Å²) in [6.07, 6.45) is 8.96. The fourth-order valence-corrected chi connectivity index (χ4v) is 2.65. The molecule has 0 radical (unpaired) electrons. The minimum atomic E-state index is -0.462. The number of rotatable bonds is 2. The number of allylic oxidation sites excluding steroid dienone is 1. The Balaban J connectivity index is 2.20. The van der Waals surface area contributed by atoms with Gasteiger partial charge < -0.3 is 5.11 Å². The molecule has 2 rings (SSSR count). The van der Waals surface area contributed by atoms with Crippen LogP contribution in [0.4, 0.5) is 0 Å². The molecule has 98 valence electrons. The molecule has 0 saturated heterocycles. The third kappa shape index (κ3) is 3.20. The molecule has 1 atom stereocenters. The Labute approximate surface area is 110 Å². The Morgan fingerprint density at radius 2 is 1.89 bits per heavy atom. The smallest absolute Gasteiger partial charge is 0.102 e. The second kappa shape index (κ2) is 6.14. The largest absolute Gasteiger partial charge is 0.384 e. The van der Waals surface area contributed by atoms with Crippen molar-refractivity contribution in [3.05, 3.63) is 40.7 Å². The highest BCUT2D eigenvalue weighted by molar-refractivity contribution is 5.30. The molecule has 1 unspecified atom stereocenters. The van der Waals surface area contributed by atoms with Gasteiger partial charge in [-0.05, 0) is 51.2 Å². The molecule has 0 spiro atoms. The molecule has 1 aromatic heterocycles. The van der Waals surface area contributed by atoms with Crippen LogP contribution in [0, 0.1) is 13.8 Å². The first-order chi connectivity index (χ1) is 8.68. The van der Waals surface area contributed by atoms with Gasteiger partial charge in [-0.25, -0.2) is 0 Å². The molecule has 0 fully saturated rings. The van der Waals surface area contributed by atoms with E-state index < -0.39 is 6.10 Å². The first-order valence-corrected chi connectivity index (χ1v) is 6.99. The highest BCUT2D eigenvalue weighted by Crippen LogP contribution is 2.29. The maximum atomic E-state index is 10.5. The van der Waals surface area contributed by atoms with Gasteiger partial charge in [0.25, 0.3) is 0 Å². The Hall–Kier alpha value is -1.15. The third-order valence-corrected chi connectivity index (χ3v) is 3.74. The number of aryl methyl sites for hydroxylation is 2. The SMILES string of the molecule is Cc1ccc(C(O)/C2=C/CCCCCC2)c(C)n1. The highest BCUT2D eigenvalue weighted by Gasteiger charge is 2.16. The molecule has 0 saturated carbocycles. The molecule has 0 aliphatic heterocycles. The highest BCUT2D eigenvalue weighted by atomic mass is 16.3. The van der Waals surface area contributed by atoms with Crippen LogP contribution in [0.25, 0.3) is 0 Å². The van der Waals surface area contributed by atoms with Crippen LogP contribution in [-0.2, 0) is 0 Å². The number of pyridine rings is 1. The van der Waals surface area contributed by atoms with Gasteiger partial charge in [0.15, 0.2) is 0 Å². The van der Waals surface area contributed by atoms with Crippen molar-refractivity contribution in [2.24, 2.45) is 0 Å². The molecule has 1 aliphatic rings. The molecule has 18 heavy (non-hydrogen) atoms. The van der Waals surface area contributed by atoms with Gasteiger partial charge >= 0.3 is 0 Å². The van der Waals surface area contributed by atoms with E-state index in [4.69, 9.17) is 0 Å². The number of nitrogens with zero attached hydrogens (tertiary/aromatic N) is 1. The van der Waals surface area contributed by atoms with E-state index in [-0.39, 0.29) is 0 Å². The van der Waals surface area contributed by atoms with E-state index in [0.29, 0.717) is 0 Å². The van der Waals surface area contributed by atoms with Crippen molar-refractivity contribution in [2.75, 3.05) is 0 Å². The standard InChI is InChI=1S/C16H23NO/c1-12-10-11-15(13(2)17-12)16(18)14-8-6-4-3-5-7-9-14/h8,10-11,16,18H,3-7,9H2,1-2H3/b14-8+. The lowest BCUT2D eigenvalue weighted by atomic mass is 9.92. The molecule has 2 nitrogen and oxygen atoms in total. The van der Waals surface area contributed by atoms with Crippen molar-refractivity contribution in [1.29, 1.82) is 0 Å². The average molecular weight is 245 g/mol. The van der Waals surface area contributed by atoms with Crippen molar-refractivity contribution in [3.63, 3.8) is 0 Å². The molecular weight excluding hydrogens is 222 g/mol. The van der Waals surface area contributed by atoms with Crippen LogP contribution < -0.4 is 0 Å². The van der Waals surface area contributed by atoms with Gasteiger partial charge in [0, 0.05) is 17.0 Å². The summed E-state index contributed by atoms with van der Waals surface area (Å²) in [6.45, 7) is 3.97. The monoisotopic (exact) mass is 245 g/mol. The normalized spacial score (nSPS) is 21.6. The van der Waals surface area contributed by atoms with E-state index in [2.05, 4.69) is 11.1 Å². The summed E-state index contributed by atoms with van der Waals surface area (Å²) in [7, 11) is 0. The molecule has 1 aromatic rings. The summed E-state index contributed by atoms with van der Waals surface area (Å²) in [5, 5.41) is 10.5. The fourth-order valence-electron chi connectivity index (χ4n) is 2.65. The van der Waals surface area contributed by atoms with Gasteiger partial charge in [-0.3, -0.25) is 4.98 Å². The lowest BCUT2D eigenvalue weighted by Crippen LogP contribution is -2.07. The van der Waals surface area contributed by atoms with Gasteiger partial charge in [-0.1, -0.05) is 25.0 Å². The van der Waals surface area contributed by atoms with Crippen LogP contribution in [0.3, 0.4) is 0 Å². The number of hydrogen-bond donors (Lipinski definition) is 1. The molecule has 1 aliphatic carbocycles. The third-order valence-electron chi connectivity index (χ3n) is 3.74. The quantitative estimate of drug-likeness (QED) is 0.798. The maximum absolute atomic E-state index is 10.5. The van der Waals surface area contributed by atoms with Crippen LogP contribution >= 0.6 is 0 Å². The van der Waals surface area contributed by atoms with Crippen molar-refractivity contribution >= 4 is 0 Å². The molecule has 1 N–H and O–H groups in total. The minimum Gasteiger partial charge on any atom is -0.384 e. The molecule has 1 heterocycles. The molecule has 0 amide bonds. The molecule has 0 bridgehead atoms. The van der Waals surface area contributed by atoms with E-state index in [9.17, 15) is 5.11 Å². The summed E-state index contributed by atoms with van der Waals surface area (Å²) in [5.41, 5.74) is 4.11. The lowest BCUT2D eigenvalue weighted by molar-refractivity contribution is 0.208. The van der Waals surface area contributed by atoms with E-state index in [0.717, 1.165) is 29.8 Å². The van der Waals surface area contributed by atoms with Crippen molar-refractivity contribution < 1.29 is 5.11 Å². The van der Waals surface area contributed by atoms with Gasteiger partial charge in [0.2, 0.25) is 0 Å². The van der Waals surface area contributed by atoms with E-state index in [1.54, 1.807) is 0 Å². The predicted octanol–water partition coefficient (Wildman–Crippen LogP) is 4.01. The number of aliphatic hydroxyl groups is 1. The summed E-state index contributed by atoms with van der Waals surface area (Å²) >= 11 is 0. The number of aromatic nitrogens is 1. The van der Waals surface area contributed by atoms with Crippen LogP contribution in [0.1, 0.15) is 61.6 Å². The predicted molar refractivity (Wildman–Crippen MR) is 74.5 cm³/mol. The Morgan fingerprint density at radius 1 is 1.11 bits per heavy atom. The molecule has 2 heteroatoms. The van der Waals surface area contributed by atoms with Gasteiger partial charge in [0.1, 0.15) is 6.10 Å². The van der Waals surface area contributed by atoms with Crippen molar-refractivity contribution in [2.45, 2.75) is 58.5 Å². The Bertz CT molecular complexity index is 437. The topological polar surface area (TPSA) is 33.1 Å².